The number of methoxy groups -OCH3 is 2. The molecule has 2 heterocycles. The van der Waals surface area contributed by atoms with Crippen LogP contribution in [0, 0.1) is 0 Å². The highest BCUT2D eigenvalue weighted by atomic mass is 19.4. The number of aromatic nitrogens is 2. The van der Waals surface area contributed by atoms with E-state index in [1.165, 1.54) is 13.2 Å². The Morgan fingerprint density at radius 3 is 2.23 bits per heavy atom. The summed E-state index contributed by atoms with van der Waals surface area (Å²) in [7, 11) is 3.08. The highest BCUT2D eigenvalue weighted by Gasteiger charge is 2.36. The maximum Gasteiger partial charge on any atom is 0.451 e. The van der Waals surface area contributed by atoms with E-state index in [0.717, 1.165) is 11.4 Å². The van der Waals surface area contributed by atoms with Gasteiger partial charge in [0.25, 0.3) is 0 Å². The number of hydrogen-bond donors (Lipinski definition) is 0. The van der Waals surface area contributed by atoms with Crippen molar-refractivity contribution in [3.05, 3.63) is 48.3 Å². The van der Waals surface area contributed by atoms with Crippen molar-refractivity contribution in [2.24, 2.45) is 0 Å². The molecule has 0 unspecified atom stereocenters. The van der Waals surface area contributed by atoms with Gasteiger partial charge in [0.15, 0.2) is 0 Å². The van der Waals surface area contributed by atoms with Gasteiger partial charge in [-0.2, -0.15) is 13.2 Å². The normalized spacial score (nSPS) is 14.8. The van der Waals surface area contributed by atoms with Crippen molar-refractivity contribution < 1.29 is 22.6 Å². The van der Waals surface area contributed by atoms with Crippen LogP contribution in [0.15, 0.2) is 42.5 Å². The third-order valence-electron chi connectivity index (χ3n) is 5.14. The van der Waals surface area contributed by atoms with Crippen LogP contribution in [0.5, 0.6) is 11.5 Å². The van der Waals surface area contributed by atoms with Gasteiger partial charge >= 0.3 is 6.18 Å². The molecule has 1 aliphatic heterocycles. The van der Waals surface area contributed by atoms with Gasteiger partial charge in [0.2, 0.25) is 5.82 Å². The summed E-state index contributed by atoms with van der Waals surface area (Å²) in [5.41, 5.74) is 1.17. The van der Waals surface area contributed by atoms with Gasteiger partial charge < -0.3 is 19.3 Å². The second kappa shape index (κ2) is 7.89. The lowest BCUT2D eigenvalue weighted by molar-refractivity contribution is -0.144. The number of halogens is 3. The summed E-state index contributed by atoms with van der Waals surface area (Å²) in [5, 5.41) is 0.564. The Bertz CT molecular complexity index is 1050. The molecule has 30 heavy (non-hydrogen) atoms. The fraction of sp³-hybridized carbons (Fsp3) is 0.333. The molecule has 0 bridgehead atoms. The van der Waals surface area contributed by atoms with Crippen LogP contribution in [0.25, 0.3) is 10.9 Å². The molecule has 1 aliphatic rings. The summed E-state index contributed by atoms with van der Waals surface area (Å²) in [6, 6.07) is 12.6. The molecular weight excluding hydrogens is 397 g/mol. The van der Waals surface area contributed by atoms with Gasteiger partial charge in [-0.3, -0.25) is 0 Å². The number of fused-ring (bicyclic) bond motifs is 1. The van der Waals surface area contributed by atoms with Crippen LogP contribution in [0.3, 0.4) is 0 Å². The minimum atomic E-state index is -4.63. The molecule has 4 rings (SSSR count). The Balaban J connectivity index is 1.66. The van der Waals surface area contributed by atoms with Gasteiger partial charge in [-0.15, -0.1) is 0 Å². The minimum absolute atomic E-state index is 0.207. The van der Waals surface area contributed by atoms with Gasteiger partial charge in [-0.1, -0.05) is 12.1 Å². The van der Waals surface area contributed by atoms with Gasteiger partial charge in [0.05, 0.1) is 25.4 Å². The summed E-state index contributed by atoms with van der Waals surface area (Å²) >= 11 is 0. The van der Waals surface area contributed by atoms with Crippen molar-refractivity contribution in [1.29, 1.82) is 0 Å². The van der Waals surface area contributed by atoms with E-state index in [1.807, 2.05) is 29.2 Å². The van der Waals surface area contributed by atoms with Crippen LogP contribution in [-0.4, -0.2) is 50.4 Å². The predicted octanol–water partition coefficient (Wildman–Crippen LogP) is 3.99. The van der Waals surface area contributed by atoms with Crippen molar-refractivity contribution in [3.63, 3.8) is 0 Å². The van der Waals surface area contributed by atoms with Crippen molar-refractivity contribution in [1.82, 2.24) is 9.97 Å². The molecule has 1 aromatic heterocycles. The fourth-order valence-corrected chi connectivity index (χ4v) is 3.64. The minimum Gasteiger partial charge on any atom is -0.497 e. The highest BCUT2D eigenvalue weighted by molar-refractivity contribution is 5.90. The molecule has 3 aromatic rings. The van der Waals surface area contributed by atoms with E-state index in [9.17, 15) is 13.2 Å². The second-order valence-corrected chi connectivity index (χ2v) is 6.90. The summed E-state index contributed by atoms with van der Waals surface area (Å²) in [6.07, 6.45) is -4.63. The molecule has 2 aromatic carbocycles. The van der Waals surface area contributed by atoms with Crippen molar-refractivity contribution in [2.45, 2.75) is 6.18 Å². The number of nitrogens with zero attached hydrogens (tertiary/aromatic N) is 4. The zero-order chi connectivity index (χ0) is 21.3. The Hall–Kier alpha value is -3.23. The lowest BCUT2D eigenvalue weighted by Gasteiger charge is -2.37. The Kier molecular flexibility index (Phi) is 5.27. The Morgan fingerprint density at radius 2 is 1.57 bits per heavy atom. The summed E-state index contributed by atoms with van der Waals surface area (Å²) in [5.74, 6) is 0.353. The SMILES string of the molecule is COc1ccc2c(N3CCN(c4ccccc4OC)CC3)nc(C(F)(F)F)nc2c1. The summed E-state index contributed by atoms with van der Waals surface area (Å²) in [4.78, 5) is 11.6. The maximum atomic E-state index is 13.4. The van der Waals surface area contributed by atoms with E-state index in [-0.39, 0.29) is 11.3 Å². The molecule has 158 valence electrons. The van der Waals surface area contributed by atoms with Gasteiger partial charge in [0, 0.05) is 37.6 Å². The van der Waals surface area contributed by atoms with Crippen LogP contribution in [0.2, 0.25) is 0 Å². The zero-order valence-electron chi connectivity index (χ0n) is 16.6. The van der Waals surface area contributed by atoms with Crippen LogP contribution < -0.4 is 19.3 Å². The van der Waals surface area contributed by atoms with Crippen molar-refractivity contribution in [3.8, 4) is 11.5 Å². The molecule has 0 aliphatic carbocycles. The molecule has 9 heteroatoms. The summed E-state index contributed by atoms with van der Waals surface area (Å²) in [6.45, 7) is 2.30. The smallest absolute Gasteiger partial charge is 0.451 e. The van der Waals surface area contributed by atoms with Crippen LogP contribution in [-0.2, 0) is 6.18 Å². The molecule has 0 saturated carbocycles. The first-order valence-electron chi connectivity index (χ1n) is 9.46. The number of ether oxygens (including phenoxy) is 2. The maximum absolute atomic E-state index is 13.4. The molecule has 1 saturated heterocycles. The average molecular weight is 418 g/mol. The molecule has 0 atom stereocenters. The van der Waals surface area contributed by atoms with Crippen LogP contribution >= 0.6 is 0 Å². The Morgan fingerprint density at radius 1 is 0.867 bits per heavy atom. The number of para-hydroxylation sites is 2. The van der Waals surface area contributed by atoms with E-state index >= 15 is 0 Å². The Labute approximate surface area is 171 Å². The lowest BCUT2D eigenvalue weighted by Crippen LogP contribution is -2.47. The number of rotatable bonds is 4. The number of benzene rings is 2. The first kappa shape index (κ1) is 20.1. The van der Waals surface area contributed by atoms with Crippen molar-refractivity contribution >= 4 is 22.4 Å². The standard InChI is InChI=1S/C21H21F3N4O2/c1-29-14-7-8-15-16(13-14)25-20(21(22,23)24)26-19(15)28-11-9-27(10-12-28)17-5-3-4-6-18(17)30-2/h3-8,13H,9-12H2,1-2H3. The van der Waals surface area contributed by atoms with Crippen LogP contribution in [0.1, 0.15) is 5.82 Å². The molecule has 0 N–H and O–H groups in total. The van der Waals surface area contributed by atoms with E-state index in [1.54, 1.807) is 19.2 Å². The van der Waals surface area contributed by atoms with Crippen molar-refractivity contribution in [2.75, 3.05) is 50.2 Å². The first-order valence-corrected chi connectivity index (χ1v) is 9.46. The lowest BCUT2D eigenvalue weighted by atomic mass is 10.2. The molecular formula is C21H21F3N4O2. The van der Waals surface area contributed by atoms with E-state index < -0.39 is 12.0 Å². The first-order chi connectivity index (χ1) is 14.4. The molecule has 6 nitrogen and oxygen atoms in total. The fourth-order valence-electron chi connectivity index (χ4n) is 3.64. The zero-order valence-corrected chi connectivity index (χ0v) is 16.6. The monoisotopic (exact) mass is 418 g/mol. The van der Waals surface area contributed by atoms with E-state index in [2.05, 4.69) is 14.9 Å². The number of anilines is 2. The molecule has 0 spiro atoms. The largest absolute Gasteiger partial charge is 0.497 e. The number of alkyl halides is 3. The van der Waals surface area contributed by atoms with Crippen LogP contribution in [0.4, 0.5) is 24.7 Å². The third kappa shape index (κ3) is 3.79. The van der Waals surface area contributed by atoms with Gasteiger partial charge in [0.1, 0.15) is 17.3 Å². The average Bonchev–Trinajstić information content (AvgIpc) is 2.77. The van der Waals surface area contributed by atoms with E-state index in [0.29, 0.717) is 37.3 Å². The van der Waals surface area contributed by atoms with Gasteiger partial charge in [-0.05, 0) is 24.3 Å². The second-order valence-electron chi connectivity index (χ2n) is 6.90. The number of piperazine rings is 1. The van der Waals surface area contributed by atoms with Gasteiger partial charge in [-0.25, -0.2) is 9.97 Å². The summed E-state index contributed by atoms with van der Waals surface area (Å²) < 4.78 is 50.8. The number of hydrogen-bond acceptors (Lipinski definition) is 6. The molecule has 0 amide bonds. The highest BCUT2D eigenvalue weighted by Crippen LogP contribution is 2.34. The van der Waals surface area contributed by atoms with E-state index in [4.69, 9.17) is 9.47 Å². The third-order valence-corrected chi connectivity index (χ3v) is 5.14. The molecule has 1 fully saturated rings. The predicted molar refractivity (Wildman–Crippen MR) is 109 cm³/mol. The topological polar surface area (TPSA) is 50.7 Å². The quantitative estimate of drug-likeness (QED) is 0.639. The molecule has 0 radical (unpaired) electrons.